The van der Waals surface area contributed by atoms with Crippen molar-refractivity contribution in [3.8, 4) is 0 Å². The second-order valence-corrected chi connectivity index (χ2v) is 6.98. The highest BCUT2D eigenvalue weighted by atomic mass is 79.9. The fourth-order valence-corrected chi connectivity index (χ4v) is 4.95. The minimum atomic E-state index is 0.0815. The number of hydrogen-bond donors (Lipinski definition) is 1. The predicted molar refractivity (Wildman–Crippen MR) is 85.5 cm³/mol. The molecule has 0 aliphatic heterocycles. The van der Waals surface area contributed by atoms with Crippen molar-refractivity contribution in [2.75, 3.05) is 0 Å². The van der Waals surface area contributed by atoms with Crippen LogP contribution in [0.25, 0.3) is 0 Å². The van der Waals surface area contributed by atoms with Gasteiger partial charge < -0.3 is 5.73 Å². The lowest BCUT2D eigenvalue weighted by Crippen LogP contribution is -2.36. The molecule has 2 aromatic rings. The lowest BCUT2D eigenvalue weighted by Gasteiger charge is -2.36. The van der Waals surface area contributed by atoms with E-state index in [9.17, 15) is 0 Å². The van der Waals surface area contributed by atoms with Gasteiger partial charge in [-0.2, -0.15) is 11.3 Å². The van der Waals surface area contributed by atoms with Crippen LogP contribution in [0.3, 0.4) is 0 Å². The maximum Gasteiger partial charge on any atom is 0.0412 e. The standard InChI is InChI=1S/C16H18BrNS/c17-14-11-19-10-13(14)15(18)16(8-4-5-9-16)12-6-2-1-3-7-12/h1-3,6-7,10-11,15H,4-5,8-9,18H2. The largest absolute Gasteiger partial charge is 0.323 e. The summed E-state index contributed by atoms with van der Waals surface area (Å²) in [7, 11) is 0. The van der Waals surface area contributed by atoms with Crippen molar-refractivity contribution in [3.63, 3.8) is 0 Å². The first-order valence-electron chi connectivity index (χ1n) is 6.77. The van der Waals surface area contributed by atoms with Gasteiger partial charge >= 0.3 is 0 Å². The van der Waals surface area contributed by atoms with E-state index in [1.165, 1.54) is 36.8 Å². The molecule has 3 rings (SSSR count). The zero-order chi connectivity index (χ0) is 13.3. The van der Waals surface area contributed by atoms with Crippen molar-refractivity contribution < 1.29 is 0 Å². The molecule has 1 unspecified atom stereocenters. The van der Waals surface area contributed by atoms with Gasteiger partial charge in [-0.3, -0.25) is 0 Å². The van der Waals surface area contributed by atoms with E-state index in [1.54, 1.807) is 11.3 Å². The molecule has 1 atom stereocenters. The van der Waals surface area contributed by atoms with Crippen LogP contribution in [0.4, 0.5) is 0 Å². The van der Waals surface area contributed by atoms with Gasteiger partial charge in [0.1, 0.15) is 0 Å². The van der Waals surface area contributed by atoms with Gasteiger partial charge in [0, 0.05) is 21.3 Å². The second kappa shape index (κ2) is 5.39. The molecule has 2 N–H and O–H groups in total. The maximum absolute atomic E-state index is 6.69. The Kier molecular flexibility index (Phi) is 3.79. The highest BCUT2D eigenvalue weighted by Gasteiger charge is 2.42. The molecular weight excluding hydrogens is 318 g/mol. The SMILES string of the molecule is NC(c1cscc1Br)C1(c2ccccc2)CCCC1. The molecule has 100 valence electrons. The molecule has 0 spiro atoms. The molecule has 1 aliphatic carbocycles. The van der Waals surface area contributed by atoms with E-state index in [1.807, 2.05) is 0 Å². The Hall–Kier alpha value is -0.640. The summed E-state index contributed by atoms with van der Waals surface area (Å²) < 4.78 is 1.16. The Bertz CT molecular complexity index is 543. The number of benzene rings is 1. The molecule has 1 fully saturated rings. The summed E-state index contributed by atoms with van der Waals surface area (Å²) in [5.74, 6) is 0. The predicted octanol–water partition coefficient (Wildman–Crippen LogP) is 5.02. The molecule has 1 aromatic carbocycles. The minimum absolute atomic E-state index is 0.0815. The van der Waals surface area contributed by atoms with Gasteiger partial charge in [-0.1, -0.05) is 43.2 Å². The first kappa shape index (κ1) is 13.3. The fourth-order valence-electron chi connectivity index (χ4n) is 3.37. The average molecular weight is 336 g/mol. The maximum atomic E-state index is 6.69. The fraction of sp³-hybridized carbons (Fsp3) is 0.375. The van der Waals surface area contributed by atoms with Gasteiger partial charge in [0.15, 0.2) is 0 Å². The Morgan fingerprint density at radius 2 is 1.79 bits per heavy atom. The summed E-state index contributed by atoms with van der Waals surface area (Å²) >= 11 is 5.36. The van der Waals surface area contributed by atoms with Crippen molar-refractivity contribution in [2.24, 2.45) is 5.73 Å². The molecule has 0 radical (unpaired) electrons. The summed E-state index contributed by atoms with van der Waals surface area (Å²) in [6.07, 6.45) is 4.95. The molecule has 1 heterocycles. The molecule has 3 heteroatoms. The van der Waals surface area contributed by atoms with Crippen molar-refractivity contribution >= 4 is 27.3 Å². The molecule has 19 heavy (non-hydrogen) atoms. The number of rotatable bonds is 3. The van der Waals surface area contributed by atoms with Crippen LogP contribution < -0.4 is 5.73 Å². The molecular formula is C16H18BrNS. The zero-order valence-electron chi connectivity index (χ0n) is 10.8. The Morgan fingerprint density at radius 1 is 1.11 bits per heavy atom. The van der Waals surface area contributed by atoms with Crippen LogP contribution in [-0.2, 0) is 5.41 Å². The van der Waals surface area contributed by atoms with Crippen LogP contribution in [0.2, 0.25) is 0 Å². The van der Waals surface area contributed by atoms with E-state index in [0.29, 0.717) is 0 Å². The molecule has 0 bridgehead atoms. The lowest BCUT2D eigenvalue weighted by molar-refractivity contribution is 0.356. The Labute approximate surface area is 127 Å². The summed E-state index contributed by atoms with van der Waals surface area (Å²) in [6.45, 7) is 0. The number of nitrogens with two attached hydrogens (primary N) is 1. The van der Waals surface area contributed by atoms with E-state index in [4.69, 9.17) is 5.73 Å². The summed E-state index contributed by atoms with van der Waals surface area (Å²) in [5.41, 5.74) is 9.47. The lowest BCUT2D eigenvalue weighted by atomic mass is 9.71. The van der Waals surface area contributed by atoms with Crippen LogP contribution >= 0.6 is 27.3 Å². The molecule has 1 aliphatic rings. The van der Waals surface area contributed by atoms with Gasteiger partial charge in [0.2, 0.25) is 0 Å². The van der Waals surface area contributed by atoms with Crippen LogP contribution in [0, 0.1) is 0 Å². The highest BCUT2D eigenvalue weighted by molar-refractivity contribution is 9.10. The monoisotopic (exact) mass is 335 g/mol. The molecule has 1 nitrogen and oxygen atoms in total. The molecule has 1 saturated carbocycles. The first-order chi connectivity index (χ1) is 9.24. The van der Waals surface area contributed by atoms with Gasteiger partial charge in [0.25, 0.3) is 0 Å². The summed E-state index contributed by atoms with van der Waals surface area (Å²) in [4.78, 5) is 0. The quantitative estimate of drug-likeness (QED) is 0.836. The number of hydrogen-bond acceptors (Lipinski definition) is 2. The van der Waals surface area contributed by atoms with E-state index in [-0.39, 0.29) is 11.5 Å². The van der Waals surface area contributed by atoms with Crippen LogP contribution in [0.15, 0.2) is 45.6 Å². The smallest absolute Gasteiger partial charge is 0.0412 e. The van der Waals surface area contributed by atoms with Crippen molar-refractivity contribution in [3.05, 3.63) is 56.7 Å². The molecule has 0 saturated heterocycles. The topological polar surface area (TPSA) is 26.0 Å². The van der Waals surface area contributed by atoms with E-state index in [0.717, 1.165) is 4.47 Å². The van der Waals surface area contributed by atoms with Gasteiger partial charge in [-0.25, -0.2) is 0 Å². The van der Waals surface area contributed by atoms with E-state index < -0.39 is 0 Å². The Morgan fingerprint density at radius 3 is 2.37 bits per heavy atom. The summed E-state index contributed by atoms with van der Waals surface area (Å²) in [6, 6.07) is 10.9. The zero-order valence-corrected chi connectivity index (χ0v) is 13.2. The van der Waals surface area contributed by atoms with E-state index in [2.05, 4.69) is 57.0 Å². The molecule has 0 amide bonds. The van der Waals surface area contributed by atoms with Crippen LogP contribution in [0.5, 0.6) is 0 Å². The van der Waals surface area contributed by atoms with Crippen molar-refractivity contribution in [2.45, 2.75) is 37.1 Å². The van der Waals surface area contributed by atoms with Gasteiger partial charge in [-0.15, -0.1) is 0 Å². The van der Waals surface area contributed by atoms with E-state index >= 15 is 0 Å². The minimum Gasteiger partial charge on any atom is -0.323 e. The second-order valence-electron chi connectivity index (χ2n) is 5.38. The molecule has 1 aromatic heterocycles. The average Bonchev–Trinajstić information content (AvgIpc) is 3.08. The van der Waals surface area contributed by atoms with Crippen molar-refractivity contribution in [1.82, 2.24) is 0 Å². The van der Waals surface area contributed by atoms with Gasteiger partial charge in [0.05, 0.1) is 0 Å². The third-order valence-electron chi connectivity index (χ3n) is 4.42. The number of halogens is 1. The van der Waals surface area contributed by atoms with Crippen LogP contribution in [-0.4, -0.2) is 0 Å². The van der Waals surface area contributed by atoms with Crippen molar-refractivity contribution in [1.29, 1.82) is 0 Å². The Balaban J connectivity index is 2.04. The third-order valence-corrected chi connectivity index (χ3v) is 6.17. The normalized spacial score (nSPS) is 19.5. The van der Waals surface area contributed by atoms with Gasteiger partial charge in [-0.05, 0) is 45.3 Å². The van der Waals surface area contributed by atoms with Crippen LogP contribution in [0.1, 0.15) is 42.9 Å². The number of thiophene rings is 1. The first-order valence-corrected chi connectivity index (χ1v) is 8.50. The summed E-state index contributed by atoms with van der Waals surface area (Å²) in [5, 5.41) is 4.32. The third kappa shape index (κ3) is 2.28. The highest BCUT2D eigenvalue weighted by Crippen LogP contribution is 2.50.